The minimum absolute atomic E-state index is 0.0464. The summed E-state index contributed by atoms with van der Waals surface area (Å²) < 4.78 is 36.0. The van der Waals surface area contributed by atoms with Crippen LogP contribution < -0.4 is 10.1 Å². The highest BCUT2D eigenvalue weighted by Gasteiger charge is 2.35. The first-order chi connectivity index (χ1) is 16.9. The van der Waals surface area contributed by atoms with Gasteiger partial charge in [-0.1, -0.05) is 24.3 Å². The summed E-state index contributed by atoms with van der Waals surface area (Å²) in [4.78, 5) is 20.0. The van der Waals surface area contributed by atoms with Crippen molar-refractivity contribution in [3.63, 3.8) is 0 Å². The first kappa shape index (κ1) is 23.1. The molecule has 0 radical (unpaired) electrons. The van der Waals surface area contributed by atoms with Crippen molar-refractivity contribution in [1.82, 2.24) is 19.8 Å². The first-order valence-electron chi connectivity index (χ1n) is 11.5. The van der Waals surface area contributed by atoms with E-state index in [1.807, 2.05) is 53.0 Å². The number of rotatable bonds is 5. The van der Waals surface area contributed by atoms with Gasteiger partial charge >= 0.3 is 0 Å². The van der Waals surface area contributed by atoms with E-state index in [4.69, 9.17) is 4.74 Å². The number of fused-ring (bicyclic) bond motifs is 1. The Labute approximate surface area is 204 Å². The molecular formula is C25H27N5O4S. The maximum Gasteiger partial charge on any atom is 0.285 e. The smallest absolute Gasteiger partial charge is 0.285 e. The van der Waals surface area contributed by atoms with Crippen molar-refractivity contribution >= 4 is 21.8 Å². The van der Waals surface area contributed by atoms with E-state index in [0.29, 0.717) is 37.3 Å². The highest BCUT2D eigenvalue weighted by atomic mass is 32.2. The van der Waals surface area contributed by atoms with Crippen molar-refractivity contribution in [3.05, 3.63) is 77.9 Å². The summed E-state index contributed by atoms with van der Waals surface area (Å²) >= 11 is 0. The van der Waals surface area contributed by atoms with Crippen LogP contribution in [0.4, 0.5) is 0 Å². The van der Waals surface area contributed by atoms with E-state index < -0.39 is 16.1 Å². The first-order valence-corrected chi connectivity index (χ1v) is 12.9. The Morgan fingerprint density at radius 2 is 1.83 bits per heavy atom. The van der Waals surface area contributed by atoms with Gasteiger partial charge in [-0.3, -0.25) is 4.79 Å². The molecule has 1 fully saturated rings. The van der Waals surface area contributed by atoms with E-state index in [2.05, 4.69) is 14.7 Å². The van der Waals surface area contributed by atoms with Gasteiger partial charge in [0, 0.05) is 44.0 Å². The number of amides is 1. The third kappa shape index (κ3) is 4.41. The van der Waals surface area contributed by atoms with Crippen LogP contribution in [0.3, 0.4) is 0 Å². The minimum atomic E-state index is -3.67. The van der Waals surface area contributed by atoms with E-state index in [1.165, 1.54) is 0 Å². The molecule has 1 atom stereocenters. The molecule has 1 aromatic heterocycles. The summed E-state index contributed by atoms with van der Waals surface area (Å²) in [6.07, 6.45) is 4.77. The van der Waals surface area contributed by atoms with Crippen LogP contribution in [-0.2, 0) is 21.9 Å². The number of nitrogens with zero attached hydrogens (tertiary/aromatic N) is 4. The molecule has 1 N–H and O–H groups in total. The van der Waals surface area contributed by atoms with Crippen LogP contribution in [0.15, 0.2) is 70.2 Å². The van der Waals surface area contributed by atoms with Crippen molar-refractivity contribution in [2.75, 3.05) is 20.2 Å². The van der Waals surface area contributed by atoms with Gasteiger partial charge in [0.05, 0.1) is 7.11 Å². The summed E-state index contributed by atoms with van der Waals surface area (Å²) in [5.74, 6) is 1.71. The molecule has 3 heterocycles. The van der Waals surface area contributed by atoms with Gasteiger partial charge in [0.25, 0.3) is 10.0 Å². The molecule has 0 unspecified atom stereocenters. The number of ether oxygens (including phenoxy) is 1. The molecule has 1 amide bonds. The topological polar surface area (TPSA) is 106 Å². The number of amidine groups is 1. The number of aromatic nitrogens is 2. The predicted molar refractivity (Wildman–Crippen MR) is 131 cm³/mol. The van der Waals surface area contributed by atoms with Gasteiger partial charge in [-0.15, -0.1) is 4.40 Å². The summed E-state index contributed by atoms with van der Waals surface area (Å²) in [6.45, 7) is 1.10. The number of imidazole rings is 1. The van der Waals surface area contributed by atoms with Gasteiger partial charge < -0.3 is 19.5 Å². The summed E-state index contributed by atoms with van der Waals surface area (Å²) in [5.41, 5.74) is 1.54. The third-order valence-corrected chi connectivity index (χ3v) is 7.96. The fraction of sp³-hybridized carbons (Fsp3) is 0.320. The fourth-order valence-corrected chi connectivity index (χ4v) is 5.91. The van der Waals surface area contributed by atoms with Crippen molar-refractivity contribution in [2.45, 2.75) is 23.8 Å². The second-order valence-electron chi connectivity index (χ2n) is 8.76. The Hall–Kier alpha value is -3.66. The Morgan fingerprint density at radius 1 is 1.11 bits per heavy atom. The molecule has 0 spiro atoms. The SMILES string of the molecule is COc1ccc([C@H](NC(=O)C2CCN(C3=NS(=O)(=O)c4ccccc43)CC2)c2nccn2C)cc1. The van der Waals surface area contributed by atoms with Crippen LogP contribution in [0.5, 0.6) is 5.75 Å². The molecule has 35 heavy (non-hydrogen) atoms. The monoisotopic (exact) mass is 493 g/mol. The number of benzene rings is 2. The van der Waals surface area contributed by atoms with Crippen molar-refractivity contribution in [3.8, 4) is 5.75 Å². The van der Waals surface area contributed by atoms with Gasteiger partial charge in [0.15, 0.2) is 5.84 Å². The number of nitrogens with one attached hydrogen (secondary N) is 1. The standard InChI is InChI=1S/C25H27N5O4S/c1-29-16-13-26-24(29)22(17-7-9-19(34-2)10-8-17)27-25(31)18-11-14-30(15-12-18)23-20-5-3-4-6-21(20)35(32,33)28-23/h3-10,13,16,18,22H,11-12,14-15H2,1-2H3,(H,27,31)/t22-/m0/s1. The van der Waals surface area contributed by atoms with Crippen molar-refractivity contribution < 1.29 is 17.9 Å². The summed E-state index contributed by atoms with van der Waals surface area (Å²) in [6, 6.07) is 14.1. The van der Waals surface area contributed by atoms with Gasteiger partial charge in [-0.2, -0.15) is 8.42 Å². The Kier molecular flexibility index (Phi) is 6.06. The van der Waals surface area contributed by atoms with E-state index in [9.17, 15) is 13.2 Å². The lowest BCUT2D eigenvalue weighted by Gasteiger charge is -2.33. The van der Waals surface area contributed by atoms with Crippen LogP contribution in [0, 0.1) is 5.92 Å². The van der Waals surface area contributed by atoms with E-state index in [1.54, 1.807) is 31.5 Å². The summed E-state index contributed by atoms with van der Waals surface area (Å²) in [5, 5.41) is 3.19. The van der Waals surface area contributed by atoms with E-state index >= 15 is 0 Å². The van der Waals surface area contributed by atoms with Crippen molar-refractivity contribution in [1.29, 1.82) is 0 Å². The Morgan fingerprint density at radius 3 is 2.49 bits per heavy atom. The third-order valence-electron chi connectivity index (χ3n) is 6.63. The molecule has 2 aromatic carbocycles. The average Bonchev–Trinajstić information content (AvgIpc) is 3.43. The van der Waals surface area contributed by atoms with Crippen LogP contribution in [0.25, 0.3) is 0 Å². The molecule has 0 aliphatic carbocycles. The van der Waals surface area contributed by atoms with Crippen LogP contribution >= 0.6 is 0 Å². The van der Waals surface area contributed by atoms with Crippen molar-refractivity contribution in [2.24, 2.45) is 17.4 Å². The second-order valence-corrected chi connectivity index (χ2v) is 10.3. The number of likely N-dealkylation sites (tertiary alicyclic amines) is 1. The lowest BCUT2D eigenvalue weighted by atomic mass is 9.94. The summed E-state index contributed by atoms with van der Waals surface area (Å²) in [7, 11) is -0.150. The molecule has 2 aliphatic heterocycles. The number of piperidine rings is 1. The fourth-order valence-electron chi connectivity index (χ4n) is 4.68. The molecule has 1 saturated heterocycles. The maximum atomic E-state index is 13.3. The largest absolute Gasteiger partial charge is 0.497 e. The second kappa shape index (κ2) is 9.18. The Bertz CT molecular complexity index is 1370. The minimum Gasteiger partial charge on any atom is -0.497 e. The number of sulfonamides is 1. The van der Waals surface area contributed by atoms with Crippen LogP contribution in [0.2, 0.25) is 0 Å². The maximum absolute atomic E-state index is 13.3. The molecule has 3 aromatic rings. The predicted octanol–water partition coefficient (Wildman–Crippen LogP) is 2.50. The van der Waals surface area contributed by atoms with E-state index in [-0.39, 0.29) is 16.7 Å². The molecule has 9 nitrogen and oxygen atoms in total. The number of carbonyl (C=O) groups is 1. The average molecular weight is 494 g/mol. The molecule has 182 valence electrons. The highest BCUT2D eigenvalue weighted by Crippen LogP contribution is 2.30. The molecule has 5 rings (SSSR count). The number of aryl methyl sites for hydroxylation is 1. The quantitative estimate of drug-likeness (QED) is 0.586. The zero-order valence-electron chi connectivity index (χ0n) is 19.6. The van der Waals surface area contributed by atoms with Gasteiger partial charge in [-0.25, -0.2) is 4.98 Å². The van der Waals surface area contributed by atoms with Crippen LogP contribution in [0.1, 0.15) is 35.8 Å². The molecule has 0 bridgehead atoms. The molecule has 10 heteroatoms. The number of hydrogen-bond acceptors (Lipinski definition) is 6. The number of hydrogen-bond donors (Lipinski definition) is 1. The van der Waals surface area contributed by atoms with Gasteiger partial charge in [0.2, 0.25) is 5.91 Å². The zero-order chi connectivity index (χ0) is 24.6. The molecular weight excluding hydrogens is 466 g/mol. The highest BCUT2D eigenvalue weighted by molar-refractivity contribution is 7.90. The normalized spacial score (nSPS) is 18.0. The number of methoxy groups -OCH3 is 1. The van der Waals surface area contributed by atoms with E-state index in [0.717, 1.165) is 17.1 Å². The zero-order valence-corrected chi connectivity index (χ0v) is 20.4. The molecule has 2 aliphatic rings. The Balaban J connectivity index is 1.30. The van der Waals surface area contributed by atoms with Crippen LogP contribution in [-0.4, -0.2) is 54.8 Å². The number of carbonyl (C=O) groups excluding carboxylic acids is 1. The lowest BCUT2D eigenvalue weighted by Crippen LogP contribution is -2.44. The van der Waals surface area contributed by atoms with Gasteiger partial charge in [0.1, 0.15) is 22.5 Å². The van der Waals surface area contributed by atoms with Gasteiger partial charge in [-0.05, 0) is 42.7 Å². The lowest BCUT2D eigenvalue weighted by molar-refractivity contribution is -0.126. The molecule has 0 saturated carbocycles.